The van der Waals surface area contributed by atoms with Gasteiger partial charge in [-0.2, -0.15) is 5.10 Å². The topological polar surface area (TPSA) is 46.9 Å². The molecule has 0 atom stereocenters. The molecule has 0 saturated heterocycles. The normalized spacial score (nSPS) is 10.3. The van der Waals surface area contributed by atoms with Gasteiger partial charge in [-0.25, -0.2) is 4.68 Å². The summed E-state index contributed by atoms with van der Waals surface area (Å²) < 4.78 is 1.75. The number of benzene rings is 1. The van der Waals surface area contributed by atoms with E-state index in [4.69, 9.17) is 6.42 Å². The highest BCUT2D eigenvalue weighted by atomic mass is 16.1. The number of para-hydroxylation sites is 1. The van der Waals surface area contributed by atoms with Gasteiger partial charge in [0.05, 0.1) is 18.4 Å². The molecule has 0 saturated carbocycles. The first-order chi connectivity index (χ1) is 9.29. The van der Waals surface area contributed by atoms with E-state index < -0.39 is 0 Å². The highest BCUT2D eigenvalue weighted by Gasteiger charge is 1.98. The van der Waals surface area contributed by atoms with Gasteiger partial charge in [0, 0.05) is 17.8 Å². The minimum absolute atomic E-state index is 0.217. The Bertz CT molecular complexity index is 620. The lowest BCUT2D eigenvalue weighted by atomic mass is 10.3. The Balaban J connectivity index is 2.04. The van der Waals surface area contributed by atoms with Gasteiger partial charge < -0.3 is 5.32 Å². The number of carbonyl (C=O) groups is 1. The maximum atomic E-state index is 11.3. The third-order valence-corrected chi connectivity index (χ3v) is 2.42. The summed E-state index contributed by atoms with van der Waals surface area (Å²) in [5.74, 6) is 2.12. The predicted octanol–water partition coefficient (Wildman–Crippen LogP) is 1.63. The van der Waals surface area contributed by atoms with Crippen molar-refractivity contribution in [2.75, 3.05) is 6.54 Å². The number of carbonyl (C=O) groups excluding carboxylic acids is 1. The molecule has 0 aliphatic heterocycles. The van der Waals surface area contributed by atoms with Crippen molar-refractivity contribution in [3.05, 3.63) is 54.4 Å². The van der Waals surface area contributed by atoms with Crippen molar-refractivity contribution < 1.29 is 4.79 Å². The summed E-state index contributed by atoms with van der Waals surface area (Å²) in [7, 11) is 0. The van der Waals surface area contributed by atoms with Crippen molar-refractivity contribution in [2.45, 2.75) is 0 Å². The van der Waals surface area contributed by atoms with Crippen LogP contribution in [0.1, 0.15) is 5.56 Å². The minimum atomic E-state index is -0.217. The second-order valence-corrected chi connectivity index (χ2v) is 3.81. The molecule has 0 bridgehead atoms. The molecular formula is C15H13N3O. The van der Waals surface area contributed by atoms with Gasteiger partial charge in [0.15, 0.2) is 0 Å². The van der Waals surface area contributed by atoms with Crippen molar-refractivity contribution >= 4 is 12.0 Å². The van der Waals surface area contributed by atoms with E-state index in [1.54, 1.807) is 17.0 Å². The number of nitrogens with one attached hydrogen (secondary N) is 1. The first kappa shape index (κ1) is 12.7. The first-order valence-corrected chi connectivity index (χ1v) is 5.79. The number of amides is 1. The summed E-state index contributed by atoms with van der Waals surface area (Å²) in [5.41, 5.74) is 1.82. The molecule has 1 heterocycles. The van der Waals surface area contributed by atoms with Crippen molar-refractivity contribution in [2.24, 2.45) is 0 Å². The molecule has 0 aliphatic rings. The molecule has 0 fully saturated rings. The highest BCUT2D eigenvalue weighted by Crippen LogP contribution is 2.08. The molecule has 0 radical (unpaired) electrons. The summed E-state index contributed by atoms with van der Waals surface area (Å²) in [6, 6.07) is 9.75. The summed E-state index contributed by atoms with van der Waals surface area (Å²) in [5, 5.41) is 6.78. The number of terminal acetylenes is 1. The Morgan fingerprint density at radius 3 is 2.95 bits per heavy atom. The lowest BCUT2D eigenvalue weighted by molar-refractivity contribution is -0.116. The van der Waals surface area contributed by atoms with Gasteiger partial charge in [0.1, 0.15) is 0 Å². The minimum Gasteiger partial charge on any atom is -0.342 e. The quantitative estimate of drug-likeness (QED) is 0.663. The molecule has 0 unspecified atom stereocenters. The van der Waals surface area contributed by atoms with E-state index in [0.717, 1.165) is 11.3 Å². The van der Waals surface area contributed by atoms with Crippen LogP contribution in [-0.4, -0.2) is 22.2 Å². The average Bonchev–Trinajstić information content (AvgIpc) is 2.93. The first-order valence-electron chi connectivity index (χ1n) is 5.79. The number of rotatable bonds is 4. The number of hydrogen-bond acceptors (Lipinski definition) is 2. The van der Waals surface area contributed by atoms with Gasteiger partial charge in [0.2, 0.25) is 5.91 Å². The van der Waals surface area contributed by atoms with Gasteiger partial charge in [-0.15, -0.1) is 6.42 Å². The molecule has 4 heteroatoms. The predicted molar refractivity (Wildman–Crippen MR) is 74.4 cm³/mol. The van der Waals surface area contributed by atoms with Crippen molar-refractivity contribution in [1.82, 2.24) is 15.1 Å². The molecule has 1 aromatic carbocycles. The Kier molecular flexibility index (Phi) is 4.14. The van der Waals surface area contributed by atoms with E-state index >= 15 is 0 Å². The van der Waals surface area contributed by atoms with Crippen LogP contribution in [0.2, 0.25) is 0 Å². The van der Waals surface area contributed by atoms with Gasteiger partial charge in [-0.05, 0) is 18.2 Å². The van der Waals surface area contributed by atoms with E-state index in [0.29, 0.717) is 0 Å². The zero-order valence-corrected chi connectivity index (χ0v) is 10.3. The van der Waals surface area contributed by atoms with E-state index in [-0.39, 0.29) is 12.5 Å². The van der Waals surface area contributed by atoms with Crippen LogP contribution >= 0.6 is 0 Å². The molecule has 1 amide bonds. The zero-order chi connectivity index (χ0) is 13.5. The van der Waals surface area contributed by atoms with Crippen LogP contribution < -0.4 is 5.32 Å². The van der Waals surface area contributed by atoms with Crippen LogP contribution in [0.5, 0.6) is 0 Å². The lowest BCUT2D eigenvalue weighted by Gasteiger charge is -1.98. The molecule has 0 aliphatic carbocycles. The molecule has 1 N–H and O–H groups in total. The maximum absolute atomic E-state index is 11.3. The van der Waals surface area contributed by atoms with Crippen LogP contribution in [-0.2, 0) is 4.79 Å². The number of hydrogen-bond donors (Lipinski definition) is 1. The van der Waals surface area contributed by atoms with Gasteiger partial charge in [-0.1, -0.05) is 24.1 Å². The molecule has 1 aromatic heterocycles. The monoisotopic (exact) mass is 251 g/mol. The van der Waals surface area contributed by atoms with Gasteiger partial charge >= 0.3 is 0 Å². The number of nitrogens with zero attached hydrogens (tertiary/aromatic N) is 2. The van der Waals surface area contributed by atoms with E-state index in [9.17, 15) is 4.79 Å². The Morgan fingerprint density at radius 1 is 1.42 bits per heavy atom. The fraction of sp³-hybridized carbons (Fsp3) is 0.0667. The van der Waals surface area contributed by atoms with E-state index in [2.05, 4.69) is 16.3 Å². The van der Waals surface area contributed by atoms with Gasteiger partial charge in [0.25, 0.3) is 0 Å². The molecular weight excluding hydrogens is 238 g/mol. The molecule has 0 spiro atoms. The molecule has 4 nitrogen and oxygen atoms in total. The number of aromatic nitrogens is 2. The molecule has 19 heavy (non-hydrogen) atoms. The molecule has 2 rings (SSSR count). The summed E-state index contributed by atoms with van der Waals surface area (Å²) in [4.78, 5) is 11.3. The van der Waals surface area contributed by atoms with Crippen LogP contribution in [0.4, 0.5) is 0 Å². The highest BCUT2D eigenvalue weighted by molar-refractivity contribution is 5.91. The Hall–Kier alpha value is -2.80. The Labute approximate surface area is 111 Å². The van der Waals surface area contributed by atoms with Crippen LogP contribution in [0, 0.1) is 12.3 Å². The second-order valence-electron chi connectivity index (χ2n) is 3.81. The standard InChI is InChI=1S/C15H13N3O/c1-2-10-16-15(19)9-8-13-11-17-18(12-13)14-6-4-3-5-7-14/h1,3-9,11-12H,10H2,(H,16,19). The van der Waals surface area contributed by atoms with Crippen molar-refractivity contribution in [3.8, 4) is 18.0 Å². The fourth-order valence-corrected chi connectivity index (χ4v) is 1.51. The van der Waals surface area contributed by atoms with Crippen LogP contribution in [0.25, 0.3) is 11.8 Å². The van der Waals surface area contributed by atoms with Crippen molar-refractivity contribution in [3.63, 3.8) is 0 Å². The maximum Gasteiger partial charge on any atom is 0.244 e. The summed E-state index contributed by atoms with van der Waals surface area (Å²) >= 11 is 0. The molecule has 94 valence electrons. The summed E-state index contributed by atoms with van der Waals surface area (Å²) in [6.07, 6.45) is 11.7. The largest absolute Gasteiger partial charge is 0.342 e. The van der Waals surface area contributed by atoms with Crippen LogP contribution in [0.3, 0.4) is 0 Å². The molecule has 2 aromatic rings. The Morgan fingerprint density at radius 2 is 2.21 bits per heavy atom. The SMILES string of the molecule is C#CCNC(=O)C=Cc1cnn(-c2ccccc2)c1. The zero-order valence-electron chi connectivity index (χ0n) is 10.3. The van der Waals surface area contributed by atoms with Gasteiger partial charge in [-0.3, -0.25) is 4.79 Å². The third kappa shape index (κ3) is 3.58. The second kappa shape index (κ2) is 6.22. The third-order valence-electron chi connectivity index (χ3n) is 2.42. The van der Waals surface area contributed by atoms with Crippen molar-refractivity contribution in [1.29, 1.82) is 0 Å². The fourth-order valence-electron chi connectivity index (χ4n) is 1.51. The van der Waals surface area contributed by atoms with E-state index in [1.807, 2.05) is 36.5 Å². The summed E-state index contributed by atoms with van der Waals surface area (Å²) in [6.45, 7) is 0.229. The van der Waals surface area contributed by atoms with E-state index in [1.165, 1.54) is 6.08 Å². The van der Waals surface area contributed by atoms with Crippen LogP contribution in [0.15, 0.2) is 48.8 Å². The average molecular weight is 251 g/mol. The lowest BCUT2D eigenvalue weighted by Crippen LogP contribution is -2.20. The smallest absolute Gasteiger partial charge is 0.244 e.